The molecule has 1 aliphatic rings. The Labute approximate surface area is 221 Å². The summed E-state index contributed by atoms with van der Waals surface area (Å²) in [6.07, 6.45) is -0.0316. The van der Waals surface area contributed by atoms with Crippen LogP contribution in [0.1, 0.15) is 23.1 Å². The van der Waals surface area contributed by atoms with Crippen LogP contribution in [0.2, 0.25) is 0 Å². The number of ether oxygens (including phenoxy) is 2. The average molecular weight is 534 g/mol. The number of methoxy groups -OCH3 is 2. The highest BCUT2D eigenvalue weighted by atomic mass is 32.2. The lowest BCUT2D eigenvalue weighted by atomic mass is 10.1. The van der Waals surface area contributed by atoms with E-state index in [-0.39, 0.29) is 30.0 Å². The number of carbonyl (C=O) groups is 2. The molecule has 10 heteroatoms. The molecule has 1 unspecified atom stereocenters. The molecule has 1 aliphatic heterocycles. The van der Waals surface area contributed by atoms with Crippen molar-refractivity contribution in [3.05, 3.63) is 83.4 Å². The number of hydrogen-bond acceptors (Lipinski definition) is 7. The number of sulfonamides is 1. The van der Waals surface area contributed by atoms with Gasteiger partial charge < -0.3 is 9.47 Å². The van der Waals surface area contributed by atoms with E-state index in [0.29, 0.717) is 17.1 Å². The molecule has 38 heavy (non-hydrogen) atoms. The van der Waals surface area contributed by atoms with Crippen molar-refractivity contribution in [1.82, 2.24) is 4.31 Å². The van der Waals surface area contributed by atoms with Gasteiger partial charge in [0.2, 0.25) is 15.9 Å². The highest BCUT2D eigenvalue weighted by molar-refractivity contribution is 7.89. The summed E-state index contributed by atoms with van der Waals surface area (Å²) in [7, 11) is -1.10. The van der Waals surface area contributed by atoms with Gasteiger partial charge in [-0.1, -0.05) is 23.8 Å². The SMILES string of the molecule is COc1ccc(CCN(C2CC(=O)N(c3ccc(C#N)cc3)C2=O)S(=O)(=O)c2ccc(C)cc2)cc1OC. The molecule has 1 atom stereocenters. The van der Waals surface area contributed by atoms with Crippen LogP contribution < -0.4 is 14.4 Å². The van der Waals surface area contributed by atoms with E-state index in [1.54, 1.807) is 30.3 Å². The molecule has 1 heterocycles. The average Bonchev–Trinajstić information content (AvgIpc) is 3.21. The van der Waals surface area contributed by atoms with Gasteiger partial charge in [0, 0.05) is 6.54 Å². The molecule has 9 nitrogen and oxygen atoms in total. The molecule has 0 radical (unpaired) electrons. The Morgan fingerprint density at radius 3 is 2.24 bits per heavy atom. The maximum absolute atomic E-state index is 13.8. The van der Waals surface area contributed by atoms with Crippen molar-refractivity contribution in [2.75, 3.05) is 25.7 Å². The van der Waals surface area contributed by atoms with Gasteiger partial charge in [0.25, 0.3) is 5.91 Å². The van der Waals surface area contributed by atoms with Crippen LogP contribution >= 0.6 is 0 Å². The summed E-state index contributed by atoms with van der Waals surface area (Å²) in [5, 5.41) is 9.06. The third-order valence-electron chi connectivity index (χ3n) is 6.42. The number of carbonyl (C=O) groups excluding carboxylic acids is 2. The lowest BCUT2D eigenvalue weighted by Gasteiger charge is -2.27. The van der Waals surface area contributed by atoms with E-state index in [9.17, 15) is 18.0 Å². The van der Waals surface area contributed by atoms with Gasteiger partial charge in [0.15, 0.2) is 11.5 Å². The van der Waals surface area contributed by atoms with Crippen LogP contribution in [-0.2, 0) is 26.0 Å². The summed E-state index contributed by atoms with van der Waals surface area (Å²) in [5.41, 5.74) is 2.32. The second-order valence-electron chi connectivity index (χ2n) is 8.81. The van der Waals surface area contributed by atoms with E-state index in [1.807, 2.05) is 13.0 Å². The predicted octanol–water partition coefficient (Wildman–Crippen LogP) is 3.45. The van der Waals surface area contributed by atoms with Crippen molar-refractivity contribution in [3.63, 3.8) is 0 Å². The van der Waals surface area contributed by atoms with E-state index in [2.05, 4.69) is 0 Å². The lowest BCUT2D eigenvalue weighted by molar-refractivity contribution is -0.122. The molecular weight excluding hydrogens is 506 g/mol. The number of benzene rings is 3. The Bertz CT molecular complexity index is 1500. The number of nitrogens with zero attached hydrogens (tertiary/aromatic N) is 3. The molecule has 2 amide bonds. The Morgan fingerprint density at radius 2 is 1.63 bits per heavy atom. The summed E-state index contributed by atoms with van der Waals surface area (Å²) in [5.74, 6) is -0.116. The molecule has 0 spiro atoms. The molecule has 0 saturated carbocycles. The van der Waals surface area contributed by atoms with Crippen LogP contribution in [0.3, 0.4) is 0 Å². The van der Waals surface area contributed by atoms with Crippen LogP contribution in [0.25, 0.3) is 0 Å². The van der Waals surface area contributed by atoms with Crippen molar-refractivity contribution in [2.45, 2.75) is 30.7 Å². The molecule has 196 valence electrons. The minimum absolute atomic E-state index is 0.0347. The first-order valence-corrected chi connectivity index (χ1v) is 13.3. The highest BCUT2D eigenvalue weighted by Crippen LogP contribution is 2.31. The van der Waals surface area contributed by atoms with Gasteiger partial charge in [0.05, 0.1) is 42.9 Å². The molecule has 0 aliphatic carbocycles. The molecule has 0 bridgehead atoms. The van der Waals surface area contributed by atoms with Gasteiger partial charge in [-0.15, -0.1) is 0 Å². The van der Waals surface area contributed by atoms with Gasteiger partial charge in [-0.25, -0.2) is 13.3 Å². The monoisotopic (exact) mass is 533 g/mol. The zero-order valence-corrected chi connectivity index (χ0v) is 22.1. The smallest absolute Gasteiger partial charge is 0.252 e. The minimum Gasteiger partial charge on any atom is -0.493 e. The fourth-order valence-corrected chi connectivity index (χ4v) is 5.94. The first kappa shape index (κ1) is 26.9. The topological polar surface area (TPSA) is 117 Å². The van der Waals surface area contributed by atoms with Crippen molar-refractivity contribution in [1.29, 1.82) is 5.26 Å². The molecule has 1 fully saturated rings. The summed E-state index contributed by atoms with van der Waals surface area (Å²) in [6, 6.07) is 18.4. The quantitative estimate of drug-likeness (QED) is 0.387. The van der Waals surface area contributed by atoms with Crippen LogP contribution in [0.15, 0.2) is 71.6 Å². The maximum Gasteiger partial charge on any atom is 0.252 e. The Hall–Kier alpha value is -4.20. The summed E-state index contributed by atoms with van der Waals surface area (Å²) in [6.45, 7) is 1.80. The standard InChI is InChI=1S/C28H27N3O6S/c1-19-4-11-23(12-5-19)38(34,35)30(15-14-20-8-13-25(36-2)26(16-20)37-3)24-17-27(32)31(28(24)33)22-9-6-21(18-29)7-10-22/h4-13,16,24H,14-15,17H2,1-3H3. The second-order valence-corrected chi connectivity index (χ2v) is 10.7. The predicted molar refractivity (Wildman–Crippen MR) is 140 cm³/mol. The minimum atomic E-state index is -4.14. The third-order valence-corrected chi connectivity index (χ3v) is 8.34. The van der Waals surface area contributed by atoms with E-state index >= 15 is 0 Å². The third kappa shape index (κ3) is 5.25. The Morgan fingerprint density at radius 1 is 0.974 bits per heavy atom. The first-order chi connectivity index (χ1) is 18.2. The normalized spacial score (nSPS) is 15.6. The van der Waals surface area contributed by atoms with Gasteiger partial charge in [-0.3, -0.25) is 9.59 Å². The van der Waals surface area contributed by atoms with E-state index in [0.717, 1.165) is 20.3 Å². The number of aryl methyl sites for hydroxylation is 1. The fraction of sp³-hybridized carbons (Fsp3) is 0.250. The fourth-order valence-electron chi connectivity index (χ4n) is 4.36. The van der Waals surface area contributed by atoms with Crippen molar-refractivity contribution >= 4 is 27.5 Å². The Kier molecular flexibility index (Phi) is 7.80. The van der Waals surface area contributed by atoms with Gasteiger partial charge in [0.1, 0.15) is 6.04 Å². The van der Waals surface area contributed by atoms with Crippen molar-refractivity contribution in [3.8, 4) is 17.6 Å². The van der Waals surface area contributed by atoms with Crippen molar-refractivity contribution in [2.24, 2.45) is 0 Å². The largest absolute Gasteiger partial charge is 0.493 e. The summed E-state index contributed by atoms with van der Waals surface area (Å²) < 4.78 is 39.4. The maximum atomic E-state index is 13.8. The van der Waals surface area contributed by atoms with Crippen LogP contribution in [0.5, 0.6) is 11.5 Å². The zero-order chi connectivity index (χ0) is 27.4. The summed E-state index contributed by atoms with van der Waals surface area (Å²) in [4.78, 5) is 27.5. The number of nitriles is 1. The van der Waals surface area contributed by atoms with Gasteiger partial charge in [-0.05, 0) is 67.4 Å². The molecule has 3 aromatic rings. The Balaban J connectivity index is 1.69. The van der Waals surface area contributed by atoms with E-state index < -0.39 is 27.9 Å². The van der Waals surface area contributed by atoms with E-state index in [1.165, 1.54) is 50.6 Å². The summed E-state index contributed by atoms with van der Waals surface area (Å²) >= 11 is 0. The molecular formula is C28H27N3O6S. The van der Waals surface area contributed by atoms with Crippen molar-refractivity contribution < 1.29 is 27.5 Å². The molecule has 0 aromatic heterocycles. The van der Waals surface area contributed by atoms with Gasteiger partial charge in [-0.2, -0.15) is 9.57 Å². The number of anilines is 1. The molecule has 3 aromatic carbocycles. The molecule has 1 saturated heterocycles. The second kappa shape index (κ2) is 11.0. The number of rotatable bonds is 9. The van der Waals surface area contributed by atoms with Crippen LogP contribution in [0, 0.1) is 18.3 Å². The highest BCUT2D eigenvalue weighted by Gasteiger charge is 2.46. The number of imide groups is 1. The number of hydrogen-bond donors (Lipinski definition) is 0. The molecule has 0 N–H and O–H groups in total. The van der Waals surface area contributed by atoms with Crippen LogP contribution in [0.4, 0.5) is 5.69 Å². The van der Waals surface area contributed by atoms with Crippen LogP contribution in [-0.4, -0.2) is 51.3 Å². The zero-order valence-electron chi connectivity index (χ0n) is 21.2. The van der Waals surface area contributed by atoms with E-state index in [4.69, 9.17) is 14.7 Å². The molecule has 4 rings (SSSR count). The lowest BCUT2D eigenvalue weighted by Crippen LogP contribution is -2.46. The number of amides is 2. The van der Waals surface area contributed by atoms with Gasteiger partial charge >= 0.3 is 0 Å². The first-order valence-electron chi connectivity index (χ1n) is 11.9.